The normalized spacial score (nSPS) is 15.5. The molecule has 2 aromatic rings. The Morgan fingerprint density at radius 2 is 1.92 bits per heavy atom. The summed E-state index contributed by atoms with van der Waals surface area (Å²) in [5.41, 5.74) is 3.03. The zero-order chi connectivity index (χ0) is 19.1. The lowest BCUT2D eigenvalue weighted by atomic mass is 10.2. The molecule has 2 amide bonds. The van der Waals surface area contributed by atoms with Crippen molar-refractivity contribution in [2.45, 2.75) is 33.7 Å². The summed E-state index contributed by atoms with van der Waals surface area (Å²) < 4.78 is 39.7. The van der Waals surface area contributed by atoms with Gasteiger partial charge in [-0.3, -0.25) is 9.59 Å². The molecule has 5 nitrogen and oxygen atoms in total. The molecule has 1 aromatic carbocycles. The highest BCUT2D eigenvalue weighted by molar-refractivity contribution is 8.01. The summed E-state index contributed by atoms with van der Waals surface area (Å²) in [4.78, 5) is 23.5. The first-order valence-corrected chi connectivity index (χ1v) is 9.05. The van der Waals surface area contributed by atoms with Gasteiger partial charge < -0.3 is 16.2 Å². The molecule has 1 aromatic heterocycles. The van der Waals surface area contributed by atoms with Gasteiger partial charge in [0.25, 0.3) is 11.8 Å². The number of amides is 2. The highest BCUT2D eigenvalue weighted by Gasteiger charge is 2.48. The number of carbonyl (C=O) groups is 2. The highest BCUT2D eigenvalue weighted by Crippen LogP contribution is 2.44. The second-order valence-corrected chi connectivity index (χ2v) is 8.15. The van der Waals surface area contributed by atoms with Crippen LogP contribution in [-0.2, 0) is 11.0 Å². The first-order valence-electron chi connectivity index (χ1n) is 7.42. The van der Waals surface area contributed by atoms with Crippen LogP contribution in [0.4, 0.5) is 18.2 Å². The highest BCUT2D eigenvalue weighted by atomic mass is 32.2. The molecule has 1 heterocycles. The molecule has 3 rings (SSSR count). The molecular weight excluding hydrogens is 389 g/mol. The molecule has 26 heavy (non-hydrogen) atoms. The Kier molecular flexibility index (Phi) is 4.76. The number of hydrogen-bond donors (Lipinski definition) is 3. The van der Waals surface area contributed by atoms with Crippen molar-refractivity contribution in [3.63, 3.8) is 0 Å². The largest absolute Gasteiger partial charge is 0.417 e. The van der Waals surface area contributed by atoms with E-state index in [0.717, 1.165) is 29.2 Å². The van der Waals surface area contributed by atoms with Crippen LogP contribution in [-0.4, -0.2) is 22.5 Å². The standard InChI is InChI=1S/C16H13F3N2O3S2/c17-16(18,19)9-3-1-2-4-10(9)25-11-7-8(12(20)22)13(26-11)21-14(23)15(24)5-6-15/h1-4,7,24H,5-6H2,(H2,20,22)(H,21,23). The maximum absolute atomic E-state index is 13.1. The Morgan fingerprint density at radius 3 is 2.50 bits per heavy atom. The molecule has 4 N–H and O–H groups in total. The van der Waals surface area contributed by atoms with Crippen LogP contribution in [0.5, 0.6) is 0 Å². The molecule has 1 aliphatic rings. The molecule has 138 valence electrons. The molecule has 0 bridgehead atoms. The van der Waals surface area contributed by atoms with Gasteiger partial charge in [-0.2, -0.15) is 13.2 Å². The fourth-order valence-electron chi connectivity index (χ4n) is 2.16. The Hall–Kier alpha value is -2.04. The van der Waals surface area contributed by atoms with Gasteiger partial charge in [0.15, 0.2) is 0 Å². The number of anilines is 1. The van der Waals surface area contributed by atoms with Gasteiger partial charge in [0, 0.05) is 4.90 Å². The number of thiophene rings is 1. The van der Waals surface area contributed by atoms with E-state index in [4.69, 9.17) is 5.73 Å². The minimum Gasteiger partial charge on any atom is -0.380 e. The molecule has 0 saturated heterocycles. The fourth-order valence-corrected chi connectivity index (χ4v) is 4.47. The average Bonchev–Trinajstić information content (AvgIpc) is 3.18. The number of rotatable bonds is 5. The van der Waals surface area contributed by atoms with Gasteiger partial charge in [-0.1, -0.05) is 23.9 Å². The summed E-state index contributed by atoms with van der Waals surface area (Å²) in [6.45, 7) is 0. The van der Waals surface area contributed by atoms with Crippen LogP contribution in [0.1, 0.15) is 28.8 Å². The molecule has 1 saturated carbocycles. The summed E-state index contributed by atoms with van der Waals surface area (Å²) in [5.74, 6) is -1.48. The van der Waals surface area contributed by atoms with E-state index in [9.17, 15) is 27.9 Å². The summed E-state index contributed by atoms with van der Waals surface area (Å²) in [7, 11) is 0. The van der Waals surface area contributed by atoms with E-state index < -0.39 is 29.2 Å². The number of benzene rings is 1. The second-order valence-electron chi connectivity index (χ2n) is 5.75. The van der Waals surface area contributed by atoms with E-state index in [1.807, 2.05) is 0 Å². The average molecular weight is 402 g/mol. The first kappa shape index (κ1) is 18.7. The monoisotopic (exact) mass is 402 g/mol. The molecule has 0 atom stereocenters. The zero-order valence-electron chi connectivity index (χ0n) is 13.1. The van der Waals surface area contributed by atoms with Gasteiger partial charge in [-0.05, 0) is 31.0 Å². The molecule has 1 aliphatic carbocycles. The van der Waals surface area contributed by atoms with Crippen molar-refractivity contribution in [3.05, 3.63) is 41.5 Å². The number of nitrogens with two attached hydrogens (primary N) is 1. The minimum atomic E-state index is -4.51. The molecule has 1 fully saturated rings. The van der Waals surface area contributed by atoms with Crippen molar-refractivity contribution in [2.75, 3.05) is 5.32 Å². The van der Waals surface area contributed by atoms with Crippen LogP contribution in [0.15, 0.2) is 39.4 Å². The molecule has 10 heteroatoms. The molecule has 0 unspecified atom stereocenters. The van der Waals surface area contributed by atoms with E-state index >= 15 is 0 Å². The molecular formula is C16H13F3N2O3S2. The second kappa shape index (κ2) is 6.60. The van der Waals surface area contributed by atoms with E-state index in [-0.39, 0.29) is 15.5 Å². The Bertz CT molecular complexity index is 876. The van der Waals surface area contributed by atoms with Crippen LogP contribution in [0.2, 0.25) is 0 Å². The summed E-state index contributed by atoms with van der Waals surface area (Å²) >= 11 is 1.75. The zero-order valence-corrected chi connectivity index (χ0v) is 14.7. The van der Waals surface area contributed by atoms with Gasteiger partial charge in [0.1, 0.15) is 10.6 Å². The van der Waals surface area contributed by atoms with Gasteiger partial charge in [-0.15, -0.1) is 11.3 Å². The molecule has 0 spiro atoms. The summed E-state index contributed by atoms with van der Waals surface area (Å²) in [6.07, 6.45) is -3.88. The van der Waals surface area contributed by atoms with Crippen molar-refractivity contribution in [1.82, 2.24) is 0 Å². The van der Waals surface area contributed by atoms with Crippen molar-refractivity contribution < 1.29 is 27.9 Å². The molecule has 0 radical (unpaired) electrons. The minimum absolute atomic E-state index is 0.0143. The van der Waals surface area contributed by atoms with Gasteiger partial charge in [-0.25, -0.2) is 0 Å². The van der Waals surface area contributed by atoms with Crippen LogP contribution < -0.4 is 11.1 Å². The van der Waals surface area contributed by atoms with Gasteiger partial charge >= 0.3 is 6.18 Å². The van der Waals surface area contributed by atoms with Crippen molar-refractivity contribution in [3.8, 4) is 0 Å². The van der Waals surface area contributed by atoms with E-state index in [0.29, 0.717) is 17.1 Å². The lowest BCUT2D eigenvalue weighted by Gasteiger charge is -2.11. The third-order valence-electron chi connectivity index (χ3n) is 3.75. The van der Waals surface area contributed by atoms with Crippen LogP contribution in [0.3, 0.4) is 0 Å². The van der Waals surface area contributed by atoms with Crippen molar-refractivity contribution in [2.24, 2.45) is 5.73 Å². The Balaban J connectivity index is 1.89. The number of aliphatic hydroxyl groups is 1. The lowest BCUT2D eigenvalue weighted by Crippen LogP contribution is -2.29. The summed E-state index contributed by atoms with van der Waals surface area (Å²) in [6, 6.07) is 6.39. The van der Waals surface area contributed by atoms with E-state index in [1.54, 1.807) is 0 Å². The SMILES string of the molecule is NC(=O)c1cc(Sc2ccccc2C(F)(F)F)sc1NC(=O)C1(O)CC1. The van der Waals surface area contributed by atoms with Crippen LogP contribution in [0, 0.1) is 0 Å². The summed E-state index contributed by atoms with van der Waals surface area (Å²) in [5, 5.41) is 12.3. The number of primary amides is 1. The predicted octanol–water partition coefficient (Wildman–Crippen LogP) is 3.48. The maximum Gasteiger partial charge on any atom is 0.417 e. The maximum atomic E-state index is 13.1. The first-order chi connectivity index (χ1) is 12.1. The third kappa shape index (κ3) is 3.87. The smallest absolute Gasteiger partial charge is 0.380 e. The Morgan fingerprint density at radius 1 is 1.27 bits per heavy atom. The van der Waals surface area contributed by atoms with Crippen LogP contribution >= 0.6 is 23.1 Å². The van der Waals surface area contributed by atoms with Crippen molar-refractivity contribution in [1.29, 1.82) is 0 Å². The number of halogens is 3. The third-order valence-corrected chi connectivity index (χ3v) is 5.99. The fraction of sp³-hybridized carbons (Fsp3) is 0.250. The number of hydrogen-bond acceptors (Lipinski definition) is 5. The van der Waals surface area contributed by atoms with Crippen molar-refractivity contribution >= 4 is 39.9 Å². The van der Waals surface area contributed by atoms with Crippen LogP contribution in [0.25, 0.3) is 0 Å². The molecule has 0 aliphatic heterocycles. The topological polar surface area (TPSA) is 92.4 Å². The van der Waals surface area contributed by atoms with E-state index in [2.05, 4.69) is 5.32 Å². The number of nitrogens with one attached hydrogen (secondary N) is 1. The quantitative estimate of drug-likeness (QED) is 0.714. The Labute approximate surface area is 154 Å². The lowest BCUT2D eigenvalue weighted by molar-refractivity contribution is -0.139. The number of carbonyl (C=O) groups excluding carboxylic acids is 2. The van der Waals surface area contributed by atoms with Gasteiger partial charge in [0.05, 0.1) is 15.3 Å². The van der Waals surface area contributed by atoms with Gasteiger partial charge in [0.2, 0.25) is 0 Å². The van der Waals surface area contributed by atoms with E-state index in [1.165, 1.54) is 24.3 Å². The predicted molar refractivity (Wildman–Crippen MR) is 91.2 cm³/mol. The number of alkyl halides is 3.